The van der Waals surface area contributed by atoms with Crippen LogP contribution in [0.3, 0.4) is 0 Å². The first kappa shape index (κ1) is 14.7. The molecule has 21 heavy (non-hydrogen) atoms. The number of hydrogen-bond donors (Lipinski definition) is 1. The van der Waals surface area contributed by atoms with Gasteiger partial charge >= 0.3 is 0 Å². The lowest BCUT2D eigenvalue weighted by Gasteiger charge is -2.11. The van der Waals surface area contributed by atoms with E-state index in [0.29, 0.717) is 27.2 Å². The van der Waals surface area contributed by atoms with Crippen LogP contribution in [-0.2, 0) is 6.42 Å². The van der Waals surface area contributed by atoms with E-state index in [9.17, 15) is 0 Å². The highest BCUT2D eigenvalue weighted by Gasteiger charge is 2.16. The molecule has 1 heterocycles. The van der Waals surface area contributed by atoms with E-state index < -0.39 is 0 Å². The summed E-state index contributed by atoms with van der Waals surface area (Å²) >= 11 is 18.3. The fraction of sp³-hybridized carbons (Fsp3) is 0.125. The minimum absolute atomic E-state index is 0.325. The van der Waals surface area contributed by atoms with Gasteiger partial charge in [-0.25, -0.2) is 0 Å². The molecule has 0 radical (unpaired) electrons. The number of furan rings is 1. The highest BCUT2D eigenvalue weighted by molar-refractivity contribution is 6.36. The average molecular weight is 341 g/mol. The Bertz CT molecular complexity index is 777. The van der Waals surface area contributed by atoms with Crippen molar-refractivity contribution in [2.24, 2.45) is 5.73 Å². The van der Waals surface area contributed by atoms with Crippen LogP contribution < -0.4 is 5.73 Å². The van der Waals surface area contributed by atoms with Crippen LogP contribution in [0, 0.1) is 0 Å². The molecule has 0 saturated carbocycles. The zero-order valence-electron chi connectivity index (χ0n) is 10.9. The number of benzene rings is 2. The van der Waals surface area contributed by atoms with Gasteiger partial charge in [-0.15, -0.1) is 0 Å². The van der Waals surface area contributed by atoms with E-state index in [1.807, 2.05) is 24.3 Å². The summed E-state index contributed by atoms with van der Waals surface area (Å²) in [6.45, 7) is 0. The Morgan fingerprint density at radius 3 is 2.43 bits per heavy atom. The van der Waals surface area contributed by atoms with Crippen molar-refractivity contribution in [1.82, 2.24) is 0 Å². The molecule has 5 heteroatoms. The topological polar surface area (TPSA) is 39.2 Å². The van der Waals surface area contributed by atoms with Crippen LogP contribution >= 0.6 is 34.8 Å². The third-order valence-electron chi connectivity index (χ3n) is 3.35. The first-order valence-electron chi connectivity index (χ1n) is 6.42. The Hall–Kier alpha value is -1.19. The maximum atomic E-state index is 6.22. The lowest BCUT2D eigenvalue weighted by atomic mass is 10.0. The molecule has 3 aromatic rings. The van der Waals surface area contributed by atoms with Crippen LogP contribution in [-0.4, -0.2) is 0 Å². The van der Waals surface area contributed by atoms with E-state index in [2.05, 4.69) is 0 Å². The van der Waals surface area contributed by atoms with Crippen LogP contribution in [0.2, 0.25) is 15.1 Å². The Morgan fingerprint density at radius 2 is 1.71 bits per heavy atom. The molecule has 2 nitrogen and oxygen atoms in total. The molecular formula is C16H12Cl3NO. The van der Waals surface area contributed by atoms with Crippen LogP contribution in [0.5, 0.6) is 0 Å². The van der Waals surface area contributed by atoms with Gasteiger partial charge in [-0.2, -0.15) is 0 Å². The zero-order valence-corrected chi connectivity index (χ0v) is 13.2. The average Bonchev–Trinajstić information content (AvgIpc) is 2.86. The van der Waals surface area contributed by atoms with Gasteiger partial charge in [-0.3, -0.25) is 0 Å². The van der Waals surface area contributed by atoms with E-state index in [1.54, 1.807) is 18.2 Å². The molecular weight excluding hydrogens is 329 g/mol. The lowest BCUT2D eigenvalue weighted by Crippen LogP contribution is -2.13. The molecule has 0 aliphatic carbocycles. The third kappa shape index (κ3) is 3.04. The van der Waals surface area contributed by atoms with Gasteiger partial charge in [0.05, 0.1) is 6.04 Å². The summed E-state index contributed by atoms with van der Waals surface area (Å²) in [5.41, 5.74) is 7.81. The second-order valence-electron chi connectivity index (χ2n) is 4.84. The quantitative estimate of drug-likeness (QED) is 0.670. The maximum Gasteiger partial charge on any atom is 0.134 e. The number of nitrogens with two attached hydrogens (primary N) is 1. The number of rotatable bonds is 3. The van der Waals surface area contributed by atoms with E-state index in [4.69, 9.17) is 45.0 Å². The van der Waals surface area contributed by atoms with E-state index in [-0.39, 0.29) is 6.04 Å². The van der Waals surface area contributed by atoms with Gasteiger partial charge in [0.25, 0.3) is 0 Å². The third-order valence-corrected chi connectivity index (χ3v) is 4.29. The van der Waals surface area contributed by atoms with Crippen molar-refractivity contribution in [2.45, 2.75) is 12.5 Å². The van der Waals surface area contributed by atoms with Crippen molar-refractivity contribution in [3.8, 4) is 0 Å². The smallest absolute Gasteiger partial charge is 0.134 e. The molecule has 1 atom stereocenters. The molecule has 0 spiro atoms. The molecule has 0 saturated heterocycles. The van der Waals surface area contributed by atoms with E-state index in [0.717, 1.165) is 16.5 Å². The van der Waals surface area contributed by atoms with Crippen molar-refractivity contribution in [2.75, 3.05) is 0 Å². The van der Waals surface area contributed by atoms with Gasteiger partial charge in [0.1, 0.15) is 11.3 Å². The highest BCUT2D eigenvalue weighted by atomic mass is 35.5. The Kier molecular flexibility index (Phi) is 4.14. The number of fused-ring (bicyclic) bond motifs is 1. The SMILES string of the molecule is NC(Cc1c(Cl)cccc1Cl)c1cc2cc(Cl)ccc2o1. The molecule has 0 aliphatic heterocycles. The maximum absolute atomic E-state index is 6.22. The van der Waals surface area contributed by atoms with Crippen LogP contribution in [0.4, 0.5) is 0 Å². The van der Waals surface area contributed by atoms with E-state index in [1.165, 1.54) is 0 Å². The van der Waals surface area contributed by atoms with Crippen molar-refractivity contribution in [1.29, 1.82) is 0 Å². The van der Waals surface area contributed by atoms with Gasteiger partial charge in [-0.05, 0) is 48.4 Å². The van der Waals surface area contributed by atoms with E-state index >= 15 is 0 Å². The highest BCUT2D eigenvalue weighted by Crippen LogP contribution is 2.31. The summed E-state index contributed by atoms with van der Waals surface area (Å²) in [5, 5.41) is 2.81. The van der Waals surface area contributed by atoms with Crippen LogP contribution in [0.25, 0.3) is 11.0 Å². The van der Waals surface area contributed by atoms with Crippen molar-refractivity contribution in [3.05, 3.63) is 68.9 Å². The zero-order chi connectivity index (χ0) is 15.0. The molecule has 0 fully saturated rings. The normalized spacial score (nSPS) is 12.8. The molecule has 1 unspecified atom stereocenters. The lowest BCUT2D eigenvalue weighted by molar-refractivity contribution is 0.494. The predicted octanol–water partition coefficient (Wildman–Crippen LogP) is 5.64. The molecule has 1 aromatic heterocycles. The summed E-state index contributed by atoms with van der Waals surface area (Å²) in [6, 6.07) is 12.4. The summed E-state index contributed by atoms with van der Waals surface area (Å²) in [4.78, 5) is 0. The molecule has 0 aliphatic rings. The van der Waals surface area contributed by atoms with Crippen molar-refractivity contribution < 1.29 is 4.42 Å². The molecule has 0 amide bonds. The molecule has 0 bridgehead atoms. The van der Waals surface area contributed by atoms with Gasteiger partial charge in [0, 0.05) is 20.5 Å². The number of hydrogen-bond acceptors (Lipinski definition) is 2. The first-order valence-corrected chi connectivity index (χ1v) is 7.55. The standard InChI is InChI=1S/C16H12Cl3NO/c17-10-4-5-15-9(6-10)7-16(21-15)14(20)8-11-12(18)2-1-3-13(11)19/h1-7,14H,8,20H2. The summed E-state index contributed by atoms with van der Waals surface area (Å²) in [7, 11) is 0. The predicted molar refractivity (Wildman–Crippen MR) is 88.3 cm³/mol. The Morgan fingerprint density at radius 1 is 1.00 bits per heavy atom. The fourth-order valence-electron chi connectivity index (χ4n) is 2.27. The minimum Gasteiger partial charge on any atom is -0.459 e. The second kappa shape index (κ2) is 5.90. The molecule has 2 aromatic carbocycles. The van der Waals surface area contributed by atoms with Crippen molar-refractivity contribution >= 4 is 45.8 Å². The fourth-order valence-corrected chi connectivity index (χ4v) is 3.00. The van der Waals surface area contributed by atoms with Gasteiger partial charge in [0.15, 0.2) is 0 Å². The first-order chi connectivity index (χ1) is 10.0. The Balaban J connectivity index is 1.91. The van der Waals surface area contributed by atoms with Crippen molar-refractivity contribution in [3.63, 3.8) is 0 Å². The molecule has 2 N–H and O–H groups in total. The van der Waals surface area contributed by atoms with Gasteiger partial charge in [0.2, 0.25) is 0 Å². The largest absolute Gasteiger partial charge is 0.459 e. The molecule has 3 rings (SSSR count). The molecule has 108 valence electrons. The monoisotopic (exact) mass is 339 g/mol. The summed E-state index contributed by atoms with van der Waals surface area (Å²) in [6.07, 6.45) is 0.506. The summed E-state index contributed by atoms with van der Waals surface area (Å²) < 4.78 is 5.77. The minimum atomic E-state index is -0.325. The van der Waals surface area contributed by atoms with Crippen LogP contribution in [0.1, 0.15) is 17.4 Å². The van der Waals surface area contributed by atoms with Crippen LogP contribution in [0.15, 0.2) is 46.9 Å². The van der Waals surface area contributed by atoms with Gasteiger partial charge in [-0.1, -0.05) is 40.9 Å². The van der Waals surface area contributed by atoms with Gasteiger partial charge < -0.3 is 10.2 Å². The second-order valence-corrected chi connectivity index (χ2v) is 6.09. The summed E-state index contributed by atoms with van der Waals surface area (Å²) in [5.74, 6) is 0.684. The number of halogens is 3. The Labute approximate surface area is 137 Å².